The number of guanidine groups is 1. The fourth-order valence-corrected chi connectivity index (χ4v) is 3.30. The molecule has 1 aliphatic rings. The summed E-state index contributed by atoms with van der Waals surface area (Å²) < 4.78 is 12.7. The van der Waals surface area contributed by atoms with Crippen molar-refractivity contribution < 1.29 is 9.47 Å². The van der Waals surface area contributed by atoms with Crippen molar-refractivity contribution in [2.75, 3.05) is 53.6 Å². The largest absolute Gasteiger partial charge is 0.382 e. The first-order valence-electron chi connectivity index (χ1n) is 9.25. The van der Waals surface area contributed by atoms with Crippen molar-refractivity contribution in [3.63, 3.8) is 0 Å². The number of ether oxygens (including phenoxy) is 2. The minimum Gasteiger partial charge on any atom is -0.382 e. The molecule has 150 valence electrons. The predicted molar refractivity (Wildman–Crippen MR) is 118 cm³/mol. The number of fused-ring (bicyclic) bond motifs is 1. The molecular formula is C19H30IN5O2. The van der Waals surface area contributed by atoms with Crippen LogP contribution >= 0.6 is 24.0 Å². The zero-order chi connectivity index (χ0) is 18.2. The van der Waals surface area contributed by atoms with Crippen LogP contribution in [0.5, 0.6) is 0 Å². The van der Waals surface area contributed by atoms with Gasteiger partial charge in [0.1, 0.15) is 5.65 Å². The molecule has 8 heteroatoms. The van der Waals surface area contributed by atoms with Gasteiger partial charge in [-0.3, -0.25) is 4.99 Å². The predicted octanol–water partition coefficient (Wildman–Crippen LogP) is 2.06. The average molecular weight is 487 g/mol. The standard InChI is InChI=1S/C19H29N5O2.HI/c1-20-19(24-10-7-16(13-24)15-26-12-11-25-2)21-8-6-17-14-23-9-4-3-5-18(23)22-17;/h3-5,9,14,16H,6-8,10-13,15H2,1-2H3,(H,20,21);1H. The molecule has 3 heterocycles. The summed E-state index contributed by atoms with van der Waals surface area (Å²) in [6, 6.07) is 6.05. The molecule has 27 heavy (non-hydrogen) atoms. The quantitative estimate of drug-likeness (QED) is 0.267. The van der Waals surface area contributed by atoms with Crippen molar-refractivity contribution in [1.29, 1.82) is 0 Å². The van der Waals surface area contributed by atoms with Gasteiger partial charge in [0.2, 0.25) is 0 Å². The van der Waals surface area contributed by atoms with E-state index in [0.717, 1.165) is 56.4 Å². The van der Waals surface area contributed by atoms with Crippen LogP contribution in [0.1, 0.15) is 12.1 Å². The molecule has 1 aliphatic heterocycles. The Labute approximate surface area is 178 Å². The van der Waals surface area contributed by atoms with Crippen LogP contribution in [-0.2, 0) is 15.9 Å². The number of hydrogen-bond donors (Lipinski definition) is 1. The van der Waals surface area contributed by atoms with Crippen LogP contribution in [0.25, 0.3) is 5.65 Å². The minimum atomic E-state index is 0. The molecule has 7 nitrogen and oxygen atoms in total. The summed E-state index contributed by atoms with van der Waals surface area (Å²) in [5.41, 5.74) is 2.08. The topological polar surface area (TPSA) is 63.4 Å². The van der Waals surface area contributed by atoms with Crippen LogP contribution in [0, 0.1) is 5.92 Å². The zero-order valence-electron chi connectivity index (χ0n) is 16.1. The number of hydrogen-bond acceptors (Lipinski definition) is 4. The maximum Gasteiger partial charge on any atom is 0.193 e. The zero-order valence-corrected chi connectivity index (χ0v) is 18.5. The van der Waals surface area contributed by atoms with E-state index in [2.05, 4.69) is 30.8 Å². The van der Waals surface area contributed by atoms with Crippen LogP contribution in [0.3, 0.4) is 0 Å². The maximum atomic E-state index is 5.66. The van der Waals surface area contributed by atoms with Crippen LogP contribution < -0.4 is 5.32 Å². The summed E-state index contributed by atoms with van der Waals surface area (Å²) in [4.78, 5) is 11.4. The number of likely N-dealkylation sites (tertiary alicyclic amines) is 1. The molecule has 0 aliphatic carbocycles. The van der Waals surface area contributed by atoms with Crippen LogP contribution in [-0.4, -0.2) is 73.9 Å². The second kappa shape index (κ2) is 11.5. The molecule has 1 atom stereocenters. The molecule has 0 bridgehead atoms. The molecule has 1 N–H and O–H groups in total. The molecule has 0 amide bonds. The molecule has 1 fully saturated rings. The van der Waals surface area contributed by atoms with E-state index in [9.17, 15) is 0 Å². The lowest BCUT2D eigenvalue weighted by Crippen LogP contribution is -2.41. The van der Waals surface area contributed by atoms with E-state index >= 15 is 0 Å². The molecule has 0 spiro atoms. The van der Waals surface area contributed by atoms with Gasteiger partial charge < -0.3 is 24.1 Å². The third kappa shape index (κ3) is 6.32. The van der Waals surface area contributed by atoms with E-state index in [1.54, 1.807) is 7.11 Å². The second-order valence-electron chi connectivity index (χ2n) is 6.59. The third-order valence-electron chi connectivity index (χ3n) is 4.66. The van der Waals surface area contributed by atoms with Crippen LogP contribution in [0.4, 0.5) is 0 Å². The Bertz CT molecular complexity index is 688. The van der Waals surface area contributed by atoms with Crippen molar-refractivity contribution in [2.24, 2.45) is 10.9 Å². The summed E-state index contributed by atoms with van der Waals surface area (Å²) in [7, 11) is 3.54. The monoisotopic (exact) mass is 487 g/mol. The summed E-state index contributed by atoms with van der Waals surface area (Å²) in [6.45, 7) is 4.94. The van der Waals surface area contributed by atoms with Gasteiger partial charge >= 0.3 is 0 Å². The molecule has 2 aromatic heterocycles. The highest BCUT2D eigenvalue weighted by atomic mass is 127. The lowest BCUT2D eigenvalue weighted by atomic mass is 10.1. The van der Waals surface area contributed by atoms with E-state index in [4.69, 9.17) is 9.47 Å². The van der Waals surface area contributed by atoms with Gasteiger partial charge in [-0.05, 0) is 18.6 Å². The summed E-state index contributed by atoms with van der Waals surface area (Å²) in [5.74, 6) is 1.53. The number of aliphatic imine (C=N–C) groups is 1. The summed E-state index contributed by atoms with van der Waals surface area (Å²) in [6.07, 6.45) is 6.12. The number of nitrogens with zero attached hydrogens (tertiary/aromatic N) is 4. The van der Waals surface area contributed by atoms with E-state index in [1.165, 1.54) is 0 Å². The molecular weight excluding hydrogens is 457 g/mol. The van der Waals surface area contributed by atoms with E-state index in [1.807, 2.05) is 31.4 Å². The highest BCUT2D eigenvalue weighted by molar-refractivity contribution is 14.0. The van der Waals surface area contributed by atoms with Gasteiger partial charge in [-0.15, -0.1) is 24.0 Å². The lowest BCUT2D eigenvalue weighted by Gasteiger charge is -2.21. The Morgan fingerprint density at radius 3 is 3.04 bits per heavy atom. The number of halogens is 1. The van der Waals surface area contributed by atoms with E-state index in [0.29, 0.717) is 19.1 Å². The van der Waals surface area contributed by atoms with E-state index < -0.39 is 0 Å². The van der Waals surface area contributed by atoms with Gasteiger partial charge in [0.25, 0.3) is 0 Å². The van der Waals surface area contributed by atoms with Crippen molar-refractivity contribution in [2.45, 2.75) is 12.8 Å². The maximum absolute atomic E-state index is 5.66. The van der Waals surface area contributed by atoms with Gasteiger partial charge in [-0.2, -0.15) is 0 Å². The number of methoxy groups -OCH3 is 1. The molecule has 0 radical (unpaired) electrons. The van der Waals surface area contributed by atoms with Gasteiger partial charge in [0.15, 0.2) is 5.96 Å². The fourth-order valence-electron chi connectivity index (χ4n) is 3.30. The fraction of sp³-hybridized carbons (Fsp3) is 0.579. The van der Waals surface area contributed by atoms with Crippen molar-refractivity contribution >= 4 is 35.6 Å². The number of rotatable bonds is 8. The Balaban J connectivity index is 0.00000261. The molecule has 0 saturated carbocycles. The normalized spacial score (nSPS) is 17.3. The second-order valence-corrected chi connectivity index (χ2v) is 6.59. The summed E-state index contributed by atoms with van der Waals surface area (Å²) in [5, 5.41) is 3.47. The van der Waals surface area contributed by atoms with Crippen molar-refractivity contribution in [3.8, 4) is 0 Å². The first-order chi connectivity index (χ1) is 12.8. The lowest BCUT2D eigenvalue weighted by molar-refractivity contribution is 0.0536. The first kappa shape index (κ1) is 21.9. The van der Waals surface area contributed by atoms with Gasteiger partial charge in [-0.1, -0.05) is 6.07 Å². The molecule has 3 rings (SSSR count). The Hall–Kier alpha value is -1.39. The molecule has 2 aromatic rings. The van der Waals surface area contributed by atoms with Crippen molar-refractivity contribution in [3.05, 3.63) is 36.3 Å². The number of aromatic nitrogens is 2. The molecule has 1 unspecified atom stereocenters. The Morgan fingerprint density at radius 1 is 1.37 bits per heavy atom. The average Bonchev–Trinajstić information content (AvgIpc) is 3.29. The minimum absolute atomic E-state index is 0. The molecule has 0 aromatic carbocycles. The van der Waals surface area contributed by atoms with Gasteiger partial charge in [0, 0.05) is 58.5 Å². The smallest absolute Gasteiger partial charge is 0.193 e. The number of pyridine rings is 1. The Morgan fingerprint density at radius 2 is 2.26 bits per heavy atom. The van der Waals surface area contributed by atoms with Gasteiger partial charge in [0.05, 0.1) is 25.5 Å². The van der Waals surface area contributed by atoms with Gasteiger partial charge in [-0.25, -0.2) is 4.98 Å². The highest BCUT2D eigenvalue weighted by Crippen LogP contribution is 2.16. The van der Waals surface area contributed by atoms with Crippen molar-refractivity contribution in [1.82, 2.24) is 19.6 Å². The van der Waals surface area contributed by atoms with E-state index in [-0.39, 0.29) is 24.0 Å². The highest BCUT2D eigenvalue weighted by Gasteiger charge is 2.24. The Kier molecular flexibility index (Phi) is 9.29. The van der Waals surface area contributed by atoms with Crippen LogP contribution in [0.2, 0.25) is 0 Å². The third-order valence-corrected chi connectivity index (χ3v) is 4.66. The number of imidazole rings is 1. The van der Waals surface area contributed by atoms with Crippen LogP contribution in [0.15, 0.2) is 35.6 Å². The number of nitrogens with one attached hydrogen (secondary N) is 1. The molecule has 1 saturated heterocycles. The summed E-state index contributed by atoms with van der Waals surface area (Å²) >= 11 is 0. The SMILES string of the molecule is CN=C(NCCc1cn2ccccc2n1)N1CCC(COCCOC)C1.I. The first-order valence-corrected chi connectivity index (χ1v) is 9.25.